The van der Waals surface area contributed by atoms with E-state index in [4.69, 9.17) is 0 Å². The fourth-order valence-electron chi connectivity index (χ4n) is 3.49. The smallest absolute Gasteiger partial charge is 0.173 e. The normalized spacial score (nSPS) is 16.2. The Labute approximate surface area is 142 Å². The summed E-state index contributed by atoms with van der Waals surface area (Å²) >= 11 is 0. The molecule has 2 nitrogen and oxygen atoms in total. The molecule has 1 heterocycles. The van der Waals surface area contributed by atoms with Crippen molar-refractivity contribution in [2.45, 2.75) is 19.4 Å². The van der Waals surface area contributed by atoms with Gasteiger partial charge < -0.3 is 0 Å². The van der Waals surface area contributed by atoms with E-state index in [2.05, 4.69) is 59.4 Å². The average molecular weight is 314 g/mol. The van der Waals surface area contributed by atoms with E-state index in [1.165, 1.54) is 16.7 Å². The number of carbonyl (C=O) groups excluding carboxylic acids is 1. The molecule has 2 aromatic carbocycles. The minimum Gasteiger partial charge on any atom is -0.294 e. The van der Waals surface area contributed by atoms with Crippen molar-refractivity contribution in [1.82, 2.24) is 0 Å². The van der Waals surface area contributed by atoms with Crippen LogP contribution in [0.5, 0.6) is 0 Å². The predicted molar refractivity (Wildman–Crippen MR) is 93.9 cm³/mol. The van der Waals surface area contributed by atoms with E-state index in [9.17, 15) is 4.79 Å². The van der Waals surface area contributed by atoms with E-state index in [0.29, 0.717) is 5.78 Å². The molecule has 1 aromatic heterocycles. The summed E-state index contributed by atoms with van der Waals surface area (Å²) in [5.41, 5.74) is 4.63. The van der Waals surface area contributed by atoms with Crippen LogP contribution in [0.3, 0.4) is 0 Å². The number of fused-ring (bicyclic) bond motifs is 1. The molecule has 1 atom stereocenters. The monoisotopic (exact) mass is 314 g/mol. The van der Waals surface area contributed by atoms with Crippen molar-refractivity contribution in [3.8, 4) is 0 Å². The molecule has 0 saturated heterocycles. The second-order valence-corrected chi connectivity index (χ2v) is 6.49. The molecular weight excluding hydrogens is 294 g/mol. The van der Waals surface area contributed by atoms with E-state index in [1.807, 2.05) is 24.3 Å². The van der Waals surface area contributed by atoms with Crippen molar-refractivity contribution < 1.29 is 9.36 Å². The highest BCUT2D eigenvalue weighted by Crippen LogP contribution is 2.28. The van der Waals surface area contributed by atoms with Crippen LogP contribution in [0.2, 0.25) is 0 Å². The molecule has 0 fully saturated rings. The number of hydrogen-bond donors (Lipinski definition) is 0. The number of rotatable bonds is 4. The quantitative estimate of drug-likeness (QED) is 0.674. The molecule has 2 heteroatoms. The number of nitrogens with zero attached hydrogens (tertiary/aromatic N) is 1. The minimum atomic E-state index is 0.0902. The van der Waals surface area contributed by atoms with Crippen molar-refractivity contribution >= 4 is 5.78 Å². The molecule has 1 aliphatic carbocycles. The highest BCUT2D eigenvalue weighted by molar-refractivity contribution is 6.02. The summed E-state index contributed by atoms with van der Waals surface area (Å²) in [6, 6.07) is 22.7. The average Bonchev–Trinajstić information content (AvgIpc) is 2.94. The molecule has 0 bridgehead atoms. The lowest BCUT2D eigenvalue weighted by Crippen LogP contribution is -2.33. The maximum absolute atomic E-state index is 12.5. The van der Waals surface area contributed by atoms with Gasteiger partial charge in [0.25, 0.3) is 0 Å². The van der Waals surface area contributed by atoms with Gasteiger partial charge in [0.1, 0.15) is 0 Å². The van der Waals surface area contributed by atoms with Gasteiger partial charge >= 0.3 is 0 Å². The van der Waals surface area contributed by atoms with Crippen molar-refractivity contribution in [3.05, 3.63) is 101 Å². The Kier molecular flexibility index (Phi) is 3.96. The van der Waals surface area contributed by atoms with Crippen LogP contribution in [0.15, 0.2) is 79.1 Å². The van der Waals surface area contributed by atoms with Gasteiger partial charge in [0.05, 0.1) is 0 Å². The van der Waals surface area contributed by atoms with Gasteiger partial charge in [0.15, 0.2) is 24.7 Å². The molecule has 0 aliphatic heterocycles. The van der Waals surface area contributed by atoms with Crippen LogP contribution >= 0.6 is 0 Å². The molecule has 1 unspecified atom stereocenters. The standard InChI is InChI=1S/C22H20NO/c24-22-20(15-19-8-4-5-9-21(19)22)14-17-10-12-23(13-11-17)16-18-6-2-1-3-7-18/h1-13,20H,14-16H2/q+1. The van der Waals surface area contributed by atoms with Crippen LogP contribution in [0.25, 0.3) is 0 Å². The Morgan fingerprint density at radius 3 is 2.29 bits per heavy atom. The zero-order chi connectivity index (χ0) is 16.4. The number of carbonyl (C=O) groups is 1. The Bertz CT molecular complexity index is 853. The molecule has 24 heavy (non-hydrogen) atoms. The van der Waals surface area contributed by atoms with E-state index in [-0.39, 0.29) is 5.92 Å². The third kappa shape index (κ3) is 3.00. The van der Waals surface area contributed by atoms with Crippen molar-refractivity contribution in [2.75, 3.05) is 0 Å². The van der Waals surface area contributed by atoms with Crippen LogP contribution < -0.4 is 4.57 Å². The number of aromatic nitrogens is 1. The maximum Gasteiger partial charge on any atom is 0.173 e. The fourth-order valence-corrected chi connectivity index (χ4v) is 3.49. The van der Waals surface area contributed by atoms with E-state index in [0.717, 1.165) is 24.9 Å². The summed E-state index contributed by atoms with van der Waals surface area (Å²) in [5, 5.41) is 0. The SMILES string of the molecule is O=C1c2ccccc2CC1Cc1cc[n+](Cc2ccccc2)cc1. The second kappa shape index (κ2) is 6.40. The van der Waals surface area contributed by atoms with Crippen LogP contribution in [-0.4, -0.2) is 5.78 Å². The van der Waals surface area contributed by atoms with Crippen molar-refractivity contribution in [1.29, 1.82) is 0 Å². The van der Waals surface area contributed by atoms with Gasteiger partial charge in [-0.25, -0.2) is 4.57 Å². The van der Waals surface area contributed by atoms with Gasteiger partial charge in [-0.15, -0.1) is 0 Å². The molecule has 0 amide bonds. The molecule has 0 radical (unpaired) electrons. The van der Waals surface area contributed by atoms with Crippen LogP contribution in [0, 0.1) is 5.92 Å². The minimum absolute atomic E-state index is 0.0902. The topological polar surface area (TPSA) is 20.9 Å². The largest absolute Gasteiger partial charge is 0.294 e. The molecule has 0 N–H and O–H groups in total. The maximum atomic E-state index is 12.5. The lowest BCUT2D eigenvalue weighted by Gasteiger charge is -2.07. The van der Waals surface area contributed by atoms with Gasteiger partial charge in [-0.05, 0) is 24.0 Å². The van der Waals surface area contributed by atoms with Crippen molar-refractivity contribution in [3.63, 3.8) is 0 Å². The lowest BCUT2D eigenvalue weighted by molar-refractivity contribution is -0.688. The predicted octanol–water partition coefficient (Wildman–Crippen LogP) is 3.62. The fraction of sp³-hybridized carbons (Fsp3) is 0.182. The first kappa shape index (κ1) is 14.8. The highest BCUT2D eigenvalue weighted by Gasteiger charge is 2.30. The molecule has 4 rings (SSSR count). The summed E-state index contributed by atoms with van der Waals surface area (Å²) in [4.78, 5) is 12.5. The second-order valence-electron chi connectivity index (χ2n) is 6.49. The Morgan fingerprint density at radius 1 is 0.833 bits per heavy atom. The molecule has 0 saturated carbocycles. The van der Waals surface area contributed by atoms with Crippen LogP contribution in [0.1, 0.15) is 27.0 Å². The van der Waals surface area contributed by atoms with Gasteiger partial charge in [-0.1, -0.05) is 54.6 Å². The Morgan fingerprint density at radius 2 is 1.54 bits per heavy atom. The number of benzene rings is 2. The van der Waals surface area contributed by atoms with Crippen LogP contribution in [0.4, 0.5) is 0 Å². The summed E-state index contributed by atoms with van der Waals surface area (Å²) in [6.07, 6.45) is 5.90. The van der Waals surface area contributed by atoms with Gasteiger partial charge in [-0.2, -0.15) is 0 Å². The summed E-state index contributed by atoms with van der Waals surface area (Å²) in [5.74, 6) is 0.388. The number of ketones is 1. The van der Waals surface area contributed by atoms with Crippen LogP contribution in [-0.2, 0) is 19.4 Å². The van der Waals surface area contributed by atoms with E-state index in [1.54, 1.807) is 0 Å². The Hall–Kier alpha value is -2.74. The molecule has 3 aromatic rings. The van der Waals surface area contributed by atoms with E-state index >= 15 is 0 Å². The Balaban J connectivity index is 1.44. The molecular formula is C22H20NO+. The third-order valence-electron chi connectivity index (χ3n) is 4.77. The lowest BCUT2D eigenvalue weighted by atomic mass is 9.96. The first-order valence-corrected chi connectivity index (χ1v) is 8.43. The number of pyridine rings is 1. The molecule has 1 aliphatic rings. The molecule has 0 spiro atoms. The van der Waals surface area contributed by atoms with Gasteiger partial charge in [0, 0.05) is 29.2 Å². The first-order valence-electron chi connectivity index (χ1n) is 8.43. The first-order chi connectivity index (χ1) is 11.8. The zero-order valence-electron chi connectivity index (χ0n) is 13.6. The number of Topliss-reactive ketones (excluding diaryl/α,β-unsaturated/α-hetero) is 1. The van der Waals surface area contributed by atoms with E-state index < -0.39 is 0 Å². The zero-order valence-corrected chi connectivity index (χ0v) is 13.6. The van der Waals surface area contributed by atoms with Gasteiger partial charge in [-0.3, -0.25) is 4.79 Å². The summed E-state index contributed by atoms with van der Waals surface area (Å²) in [7, 11) is 0. The van der Waals surface area contributed by atoms with Crippen molar-refractivity contribution in [2.24, 2.45) is 5.92 Å². The molecule has 118 valence electrons. The van der Waals surface area contributed by atoms with Gasteiger partial charge in [0.2, 0.25) is 0 Å². The highest BCUT2D eigenvalue weighted by atomic mass is 16.1. The third-order valence-corrected chi connectivity index (χ3v) is 4.77. The summed E-state index contributed by atoms with van der Waals surface area (Å²) in [6.45, 7) is 0.870. The summed E-state index contributed by atoms with van der Waals surface area (Å²) < 4.78 is 2.17. The number of hydrogen-bond acceptors (Lipinski definition) is 1.